The molecule has 5 rings (SSSR count). The zero-order chi connectivity index (χ0) is 21.2. The highest BCUT2D eigenvalue weighted by Crippen LogP contribution is 2.47. The quantitative estimate of drug-likeness (QED) is 0.503. The number of hydrogen-bond donors (Lipinski definition) is 0. The van der Waals surface area contributed by atoms with Crippen LogP contribution in [0.4, 0.5) is 8.78 Å². The average molecular weight is 422 g/mol. The molecule has 3 nitrogen and oxygen atoms in total. The second-order valence-corrected chi connectivity index (χ2v) is 8.09. The minimum absolute atomic E-state index is 0.120. The maximum atomic E-state index is 14.7. The van der Waals surface area contributed by atoms with Crippen LogP contribution in [-0.2, 0) is 4.74 Å². The molecule has 5 heteroatoms. The molecule has 3 atom stereocenters. The van der Waals surface area contributed by atoms with E-state index in [-0.39, 0.29) is 18.1 Å². The van der Waals surface area contributed by atoms with E-state index in [1.807, 2.05) is 48.5 Å². The molecule has 0 saturated carbocycles. The van der Waals surface area contributed by atoms with E-state index in [9.17, 15) is 8.78 Å². The molecular formula is C26H24F2O3. The van der Waals surface area contributed by atoms with Crippen molar-refractivity contribution in [2.45, 2.75) is 37.4 Å². The SMILES string of the molecule is Fc1ccc([C@@H]2COc3cc(OC4CCCCO4)ccc3[C@@H]2c2ccccc2)c(F)c1. The van der Waals surface area contributed by atoms with E-state index in [1.54, 1.807) is 0 Å². The molecule has 0 amide bonds. The highest BCUT2D eigenvalue weighted by Gasteiger charge is 2.35. The van der Waals surface area contributed by atoms with E-state index in [2.05, 4.69) is 0 Å². The number of fused-ring (bicyclic) bond motifs is 1. The molecule has 0 N–H and O–H groups in total. The molecule has 1 fully saturated rings. The summed E-state index contributed by atoms with van der Waals surface area (Å²) in [6.07, 6.45) is 2.79. The van der Waals surface area contributed by atoms with Crippen LogP contribution in [0.2, 0.25) is 0 Å². The Morgan fingerprint density at radius 2 is 1.71 bits per heavy atom. The van der Waals surface area contributed by atoms with Crippen molar-refractivity contribution >= 4 is 0 Å². The van der Waals surface area contributed by atoms with Crippen LogP contribution >= 0.6 is 0 Å². The van der Waals surface area contributed by atoms with Crippen molar-refractivity contribution in [3.8, 4) is 11.5 Å². The van der Waals surface area contributed by atoms with Crippen molar-refractivity contribution in [1.82, 2.24) is 0 Å². The summed E-state index contributed by atoms with van der Waals surface area (Å²) in [6, 6.07) is 19.5. The van der Waals surface area contributed by atoms with Gasteiger partial charge in [-0.1, -0.05) is 42.5 Å². The molecule has 160 valence electrons. The lowest BCUT2D eigenvalue weighted by molar-refractivity contribution is -0.106. The monoisotopic (exact) mass is 422 g/mol. The number of benzene rings is 3. The first-order valence-electron chi connectivity index (χ1n) is 10.7. The van der Waals surface area contributed by atoms with E-state index in [0.29, 0.717) is 24.5 Å². The molecule has 0 bridgehead atoms. The summed E-state index contributed by atoms with van der Waals surface area (Å²) in [4.78, 5) is 0. The third-order valence-electron chi connectivity index (χ3n) is 6.07. The van der Waals surface area contributed by atoms with E-state index in [4.69, 9.17) is 14.2 Å². The Morgan fingerprint density at radius 1 is 0.871 bits per heavy atom. The fraction of sp³-hybridized carbons (Fsp3) is 0.308. The number of rotatable bonds is 4. The highest BCUT2D eigenvalue weighted by atomic mass is 19.1. The lowest BCUT2D eigenvalue weighted by Crippen LogP contribution is -2.27. The van der Waals surface area contributed by atoms with E-state index in [1.165, 1.54) is 12.1 Å². The second kappa shape index (κ2) is 8.67. The molecule has 0 aromatic heterocycles. The molecule has 1 unspecified atom stereocenters. The van der Waals surface area contributed by atoms with Crippen LogP contribution in [0.15, 0.2) is 66.7 Å². The Bertz CT molecular complexity index is 1050. The van der Waals surface area contributed by atoms with E-state index < -0.39 is 11.6 Å². The van der Waals surface area contributed by atoms with Gasteiger partial charge in [-0.2, -0.15) is 0 Å². The molecule has 2 aliphatic rings. The molecule has 0 radical (unpaired) electrons. The molecule has 0 aliphatic carbocycles. The third kappa shape index (κ3) is 4.15. The van der Waals surface area contributed by atoms with Crippen LogP contribution in [0.5, 0.6) is 11.5 Å². The van der Waals surface area contributed by atoms with Crippen molar-refractivity contribution in [3.05, 3.63) is 95.1 Å². The van der Waals surface area contributed by atoms with E-state index >= 15 is 0 Å². The first kappa shape index (κ1) is 20.0. The minimum atomic E-state index is -0.582. The topological polar surface area (TPSA) is 27.7 Å². The van der Waals surface area contributed by atoms with Crippen molar-refractivity contribution in [3.63, 3.8) is 0 Å². The van der Waals surface area contributed by atoms with Gasteiger partial charge in [0, 0.05) is 36.0 Å². The van der Waals surface area contributed by atoms with Gasteiger partial charge in [0.15, 0.2) is 6.29 Å². The Balaban J connectivity index is 1.51. The van der Waals surface area contributed by atoms with Crippen LogP contribution in [0, 0.1) is 11.6 Å². The zero-order valence-electron chi connectivity index (χ0n) is 17.1. The van der Waals surface area contributed by atoms with Crippen LogP contribution < -0.4 is 9.47 Å². The summed E-state index contributed by atoms with van der Waals surface area (Å²) >= 11 is 0. The number of halogens is 2. The van der Waals surface area contributed by atoms with Gasteiger partial charge in [0.25, 0.3) is 0 Å². The van der Waals surface area contributed by atoms with Gasteiger partial charge in [-0.05, 0) is 36.1 Å². The summed E-state index contributed by atoms with van der Waals surface area (Å²) in [5.41, 5.74) is 2.48. The van der Waals surface area contributed by atoms with Gasteiger partial charge in [0.1, 0.15) is 23.1 Å². The third-order valence-corrected chi connectivity index (χ3v) is 6.07. The maximum Gasteiger partial charge on any atom is 0.199 e. The fourth-order valence-corrected chi connectivity index (χ4v) is 4.56. The Morgan fingerprint density at radius 3 is 2.48 bits per heavy atom. The predicted molar refractivity (Wildman–Crippen MR) is 114 cm³/mol. The summed E-state index contributed by atoms with van der Waals surface area (Å²) < 4.78 is 46.0. The highest BCUT2D eigenvalue weighted by molar-refractivity contribution is 5.50. The van der Waals surface area contributed by atoms with Gasteiger partial charge in [-0.3, -0.25) is 0 Å². The first-order valence-corrected chi connectivity index (χ1v) is 10.7. The van der Waals surface area contributed by atoms with Crippen LogP contribution in [0.1, 0.15) is 47.8 Å². The van der Waals surface area contributed by atoms with Crippen molar-refractivity contribution in [2.75, 3.05) is 13.2 Å². The largest absolute Gasteiger partial charge is 0.492 e. The Labute approximate surface area is 180 Å². The molecule has 2 heterocycles. The Kier molecular flexibility index (Phi) is 5.60. The van der Waals surface area contributed by atoms with Crippen LogP contribution in [0.25, 0.3) is 0 Å². The molecule has 2 aliphatic heterocycles. The predicted octanol–water partition coefficient (Wildman–Crippen LogP) is 6.18. The van der Waals surface area contributed by atoms with E-state index in [0.717, 1.165) is 42.2 Å². The summed E-state index contributed by atoms with van der Waals surface area (Å²) in [5.74, 6) is -0.104. The average Bonchev–Trinajstić information content (AvgIpc) is 2.80. The molecule has 0 spiro atoms. The lowest BCUT2D eigenvalue weighted by atomic mass is 9.75. The fourth-order valence-electron chi connectivity index (χ4n) is 4.56. The minimum Gasteiger partial charge on any atom is -0.492 e. The summed E-state index contributed by atoms with van der Waals surface area (Å²) in [7, 11) is 0. The summed E-state index contributed by atoms with van der Waals surface area (Å²) in [6.45, 7) is 1.01. The van der Waals surface area contributed by atoms with Crippen molar-refractivity contribution in [1.29, 1.82) is 0 Å². The Hall–Kier alpha value is -2.92. The molecule has 1 saturated heterocycles. The van der Waals surface area contributed by atoms with Crippen molar-refractivity contribution in [2.24, 2.45) is 0 Å². The normalized spacial score (nSPS) is 23.0. The standard InChI is InChI=1S/C26H24F2O3/c27-18-9-11-20(23(28)14-18)22-16-30-24-15-19(31-25-8-4-5-13-29-25)10-12-21(24)26(22)17-6-2-1-3-7-17/h1-3,6-7,9-12,14-15,22,25-26H,4-5,8,13,16H2/t22-,25?,26-/m0/s1. The number of hydrogen-bond acceptors (Lipinski definition) is 3. The zero-order valence-corrected chi connectivity index (χ0v) is 17.1. The lowest BCUT2D eigenvalue weighted by Gasteiger charge is -2.35. The van der Waals surface area contributed by atoms with Gasteiger partial charge in [0.05, 0.1) is 13.2 Å². The van der Waals surface area contributed by atoms with Crippen LogP contribution in [-0.4, -0.2) is 19.5 Å². The second-order valence-electron chi connectivity index (χ2n) is 8.09. The first-order chi connectivity index (χ1) is 15.2. The molecule has 3 aromatic carbocycles. The summed E-state index contributed by atoms with van der Waals surface area (Å²) in [5, 5.41) is 0. The van der Waals surface area contributed by atoms with Gasteiger partial charge in [-0.25, -0.2) is 8.78 Å². The number of ether oxygens (including phenoxy) is 3. The van der Waals surface area contributed by atoms with Crippen molar-refractivity contribution < 1.29 is 23.0 Å². The van der Waals surface area contributed by atoms with Crippen LogP contribution in [0.3, 0.4) is 0 Å². The van der Waals surface area contributed by atoms with Gasteiger partial charge in [-0.15, -0.1) is 0 Å². The smallest absolute Gasteiger partial charge is 0.199 e. The molecular weight excluding hydrogens is 398 g/mol. The maximum absolute atomic E-state index is 14.7. The van der Waals surface area contributed by atoms with Gasteiger partial charge >= 0.3 is 0 Å². The van der Waals surface area contributed by atoms with Gasteiger partial charge in [0.2, 0.25) is 0 Å². The van der Waals surface area contributed by atoms with Gasteiger partial charge < -0.3 is 14.2 Å². The molecule has 31 heavy (non-hydrogen) atoms. The molecule has 3 aromatic rings.